The summed E-state index contributed by atoms with van der Waals surface area (Å²) < 4.78 is 0. The average Bonchev–Trinajstić information content (AvgIpc) is 2.45. The van der Waals surface area contributed by atoms with Gasteiger partial charge in [-0.05, 0) is 30.3 Å². The van der Waals surface area contributed by atoms with Gasteiger partial charge in [0, 0.05) is 18.8 Å². The number of aromatic carboxylic acids is 1. The second-order valence-electron chi connectivity index (χ2n) is 3.96. The van der Waals surface area contributed by atoms with Crippen LogP contribution in [-0.4, -0.2) is 38.5 Å². The van der Waals surface area contributed by atoms with Crippen LogP contribution in [0.5, 0.6) is 23.0 Å². The molecule has 0 aromatic heterocycles. The van der Waals surface area contributed by atoms with Crippen molar-refractivity contribution >= 4 is 11.7 Å². The molecule has 2 aromatic rings. The van der Waals surface area contributed by atoms with Crippen LogP contribution in [0, 0.1) is 0 Å². The van der Waals surface area contributed by atoms with Gasteiger partial charge in [0.2, 0.25) is 0 Å². The van der Waals surface area contributed by atoms with Crippen molar-refractivity contribution in [3.63, 3.8) is 0 Å². The summed E-state index contributed by atoms with van der Waals surface area (Å²) >= 11 is 0. The van der Waals surface area contributed by atoms with Gasteiger partial charge in [-0.15, -0.1) is 0 Å². The lowest BCUT2D eigenvalue weighted by molar-refractivity contribution is 0.0696. The Balaban J connectivity index is 0.000000211. The van der Waals surface area contributed by atoms with Crippen molar-refractivity contribution in [2.45, 2.75) is 0 Å². The summed E-state index contributed by atoms with van der Waals surface area (Å²) in [5.74, 6) is -2.09. The summed E-state index contributed by atoms with van der Waals surface area (Å²) in [5, 5.41) is 46.7. The number of benzene rings is 2. The molecule has 2 aromatic carbocycles. The lowest BCUT2D eigenvalue weighted by Gasteiger charge is -2.00. The van der Waals surface area contributed by atoms with Crippen molar-refractivity contribution < 1.29 is 30.3 Å². The molecular weight excluding hydrogens is 278 g/mol. The van der Waals surface area contributed by atoms with Gasteiger partial charge in [0.1, 0.15) is 0 Å². The smallest absolute Gasteiger partial charge is 0.335 e. The molecular formula is C14H15NO6. The number of phenols is 4. The highest BCUT2D eigenvalue weighted by atomic mass is 16.4. The maximum Gasteiger partial charge on any atom is 0.335 e. The maximum absolute atomic E-state index is 10.3. The van der Waals surface area contributed by atoms with Gasteiger partial charge >= 0.3 is 5.97 Å². The number of nitrogens with one attached hydrogen (secondary N) is 1. The monoisotopic (exact) mass is 293 g/mol. The molecule has 6 N–H and O–H groups in total. The van der Waals surface area contributed by atoms with Crippen molar-refractivity contribution in [1.82, 2.24) is 0 Å². The van der Waals surface area contributed by atoms with E-state index >= 15 is 0 Å². The SMILES string of the molecule is CNc1ccc(O)c(O)c1.O=C(O)c1ccc(O)c(O)c1. The third-order valence-corrected chi connectivity index (χ3v) is 2.49. The predicted molar refractivity (Wildman–Crippen MR) is 76.0 cm³/mol. The van der Waals surface area contributed by atoms with Crippen molar-refractivity contribution in [3.8, 4) is 23.0 Å². The van der Waals surface area contributed by atoms with Crippen molar-refractivity contribution in [2.24, 2.45) is 0 Å². The van der Waals surface area contributed by atoms with Gasteiger partial charge < -0.3 is 30.8 Å². The molecule has 0 unspecified atom stereocenters. The molecule has 0 aliphatic carbocycles. The van der Waals surface area contributed by atoms with Gasteiger partial charge in [-0.25, -0.2) is 4.79 Å². The molecule has 0 heterocycles. The fraction of sp³-hybridized carbons (Fsp3) is 0.0714. The van der Waals surface area contributed by atoms with Crippen LogP contribution in [0.3, 0.4) is 0 Å². The lowest BCUT2D eigenvalue weighted by Crippen LogP contribution is -1.94. The Bertz CT molecular complexity index is 641. The minimum atomic E-state index is -1.14. The summed E-state index contributed by atoms with van der Waals surface area (Å²) in [6, 6.07) is 7.87. The molecule has 0 aliphatic rings. The van der Waals surface area contributed by atoms with E-state index < -0.39 is 11.7 Å². The quantitative estimate of drug-likeness (QED) is 0.368. The van der Waals surface area contributed by atoms with E-state index in [4.69, 9.17) is 25.5 Å². The van der Waals surface area contributed by atoms with Crippen molar-refractivity contribution in [3.05, 3.63) is 42.0 Å². The largest absolute Gasteiger partial charge is 0.504 e. The van der Waals surface area contributed by atoms with E-state index in [1.165, 1.54) is 18.2 Å². The van der Waals surface area contributed by atoms with E-state index in [2.05, 4.69) is 5.32 Å². The molecule has 2 rings (SSSR count). The topological polar surface area (TPSA) is 130 Å². The van der Waals surface area contributed by atoms with Crippen LogP contribution in [0.15, 0.2) is 36.4 Å². The van der Waals surface area contributed by atoms with Gasteiger partial charge in [-0.3, -0.25) is 0 Å². The van der Waals surface area contributed by atoms with Crippen LogP contribution >= 0.6 is 0 Å². The maximum atomic E-state index is 10.3. The van der Waals surface area contributed by atoms with E-state index in [1.54, 1.807) is 13.1 Å². The number of aromatic hydroxyl groups is 4. The third-order valence-electron chi connectivity index (χ3n) is 2.49. The molecule has 0 fully saturated rings. The summed E-state index contributed by atoms with van der Waals surface area (Å²) in [7, 11) is 1.74. The summed E-state index contributed by atoms with van der Waals surface area (Å²) in [6.07, 6.45) is 0. The molecule has 0 radical (unpaired) electrons. The first kappa shape index (κ1) is 16.0. The Kier molecular flexibility index (Phi) is 5.24. The van der Waals surface area contributed by atoms with E-state index in [9.17, 15) is 4.79 Å². The second kappa shape index (κ2) is 6.90. The molecule has 0 saturated heterocycles. The highest BCUT2D eigenvalue weighted by Gasteiger charge is 2.05. The molecule has 112 valence electrons. The van der Waals surface area contributed by atoms with Crippen molar-refractivity contribution in [2.75, 3.05) is 12.4 Å². The van der Waals surface area contributed by atoms with Crippen LogP contribution in [0.25, 0.3) is 0 Å². The zero-order valence-corrected chi connectivity index (χ0v) is 11.1. The Morgan fingerprint density at radius 1 is 0.857 bits per heavy atom. The highest BCUT2D eigenvalue weighted by molar-refractivity contribution is 5.88. The first-order valence-corrected chi connectivity index (χ1v) is 5.80. The predicted octanol–water partition coefficient (Wildman–Crippen LogP) is 1.94. The van der Waals surface area contributed by atoms with Gasteiger partial charge in [0.25, 0.3) is 0 Å². The van der Waals surface area contributed by atoms with Crippen LogP contribution in [-0.2, 0) is 0 Å². The van der Waals surface area contributed by atoms with E-state index in [-0.39, 0.29) is 22.8 Å². The number of carbonyl (C=O) groups is 1. The minimum absolute atomic E-state index is 0.0553. The Morgan fingerprint density at radius 3 is 1.81 bits per heavy atom. The standard InChI is InChI=1S/C7H9NO2.C7H6O4/c1-8-5-2-3-6(9)7(10)4-5;8-5-2-1-4(7(10)11)3-6(5)9/h2-4,8-10H,1H3;1-3,8-9H,(H,10,11). The van der Waals surface area contributed by atoms with E-state index in [0.29, 0.717) is 0 Å². The Labute approximate surface area is 120 Å². The number of anilines is 1. The van der Waals surface area contributed by atoms with Crippen molar-refractivity contribution in [1.29, 1.82) is 0 Å². The molecule has 0 saturated carbocycles. The van der Waals surface area contributed by atoms with Crippen LogP contribution < -0.4 is 5.32 Å². The number of phenolic OH excluding ortho intramolecular Hbond substituents is 4. The zero-order valence-electron chi connectivity index (χ0n) is 11.1. The fourth-order valence-electron chi connectivity index (χ4n) is 1.34. The first-order valence-electron chi connectivity index (χ1n) is 5.80. The summed E-state index contributed by atoms with van der Waals surface area (Å²) in [6.45, 7) is 0. The molecule has 0 bridgehead atoms. The molecule has 21 heavy (non-hydrogen) atoms. The molecule has 0 aliphatic heterocycles. The number of hydrogen-bond acceptors (Lipinski definition) is 6. The number of rotatable bonds is 2. The third kappa shape index (κ3) is 4.50. The Hall–Kier alpha value is -3.09. The second-order valence-corrected chi connectivity index (χ2v) is 3.96. The molecule has 0 amide bonds. The minimum Gasteiger partial charge on any atom is -0.504 e. The van der Waals surface area contributed by atoms with Gasteiger partial charge in [0.05, 0.1) is 5.56 Å². The van der Waals surface area contributed by atoms with Gasteiger partial charge in [-0.1, -0.05) is 0 Å². The van der Waals surface area contributed by atoms with Gasteiger partial charge in [-0.2, -0.15) is 0 Å². The van der Waals surface area contributed by atoms with Crippen LogP contribution in [0.4, 0.5) is 5.69 Å². The summed E-state index contributed by atoms with van der Waals surface area (Å²) in [5.41, 5.74) is 0.718. The van der Waals surface area contributed by atoms with Crippen LogP contribution in [0.2, 0.25) is 0 Å². The molecule has 7 nitrogen and oxygen atoms in total. The highest BCUT2D eigenvalue weighted by Crippen LogP contribution is 2.26. The number of hydrogen-bond donors (Lipinski definition) is 6. The zero-order chi connectivity index (χ0) is 16.0. The van der Waals surface area contributed by atoms with Crippen LogP contribution in [0.1, 0.15) is 10.4 Å². The fourth-order valence-corrected chi connectivity index (χ4v) is 1.34. The van der Waals surface area contributed by atoms with E-state index in [0.717, 1.165) is 17.8 Å². The molecule has 7 heteroatoms. The number of carboxylic acid groups (broad SMARTS) is 1. The van der Waals surface area contributed by atoms with Gasteiger partial charge in [0.15, 0.2) is 23.0 Å². The normalized spacial score (nSPS) is 9.38. The molecule has 0 spiro atoms. The molecule has 0 atom stereocenters. The lowest BCUT2D eigenvalue weighted by atomic mass is 10.2. The summed E-state index contributed by atoms with van der Waals surface area (Å²) in [4.78, 5) is 10.3. The average molecular weight is 293 g/mol. The number of carboxylic acids is 1. The first-order chi connectivity index (χ1) is 9.85. The van der Waals surface area contributed by atoms with E-state index in [1.807, 2.05) is 0 Å². The Morgan fingerprint density at radius 2 is 1.38 bits per heavy atom.